The maximum Gasteiger partial charge on any atom is 0.243 e. The molecule has 0 unspecified atom stereocenters. The summed E-state index contributed by atoms with van der Waals surface area (Å²) >= 11 is 0. The zero-order valence-electron chi connectivity index (χ0n) is 11.4. The first-order valence-electron chi connectivity index (χ1n) is 6.67. The summed E-state index contributed by atoms with van der Waals surface area (Å²) in [5, 5.41) is 20.9. The van der Waals surface area contributed by atoms with Gasteiger partial charge in [0.25, 0.3) is 0 Å². The van der Waals surface area contributed by atoms with Crippen molar-refractivity contribution in [3.63, 3.8) is 0 Å². The Labute approximate surface area is 113 Å². The van der Waals surface area contributed by atoms with Crippen molar-refractivity contribution in [2.75, 3.05) is 18.5 Å². The van der Waals surface area contributed by atoms with Crippen LogP contribution in [0.2, 0.25) is 0 Å². The van der Waals surface area contributed by atoms with Crippen LogP contribution in [0.25, 0.3) is 11.0 Å². The van der Waals surface area contributed by atoms with Crippen LogP contribution in [-0.2, 0) is 0 Å². The lowest BCUT2D eigenvalue weighted by atomic mass is 9.83. The monoisotopic (exact) mass is 260 g/mol. The Morgan fingerprint density at radius 1 is 1.11 bits per heavy atom. The van der Waals surface area contributed by atoms with E-state index in [4.69, 9.17) is 0 Å². The second-order valence-electron chi connectivity index (χ2n) is 4.84. The van der Waals surface area contributed by atoms with E-state index in [1.807, 2.05) is 24.3 Å². The molecule has 0 bridgehead atoms. The standard InChI is InChI=1S/C14H20N4O/c1-3-14(4-2,10-19)9-15-13-16-11-7-5-6-8-12(11)17-18-13/h5-8,19H,3-4,9-10H2,1-2H3,(H,15,16,18). The average molecular weight is 260 g/mol. The fourth-order valence-electron chi connectivity index (χ4n) is 2.00. The van der Waals surface area contributed by atoms with Crippen molar-refractivity contribution < 1.29 is 5.11 Å². The third-order valence-electron chi connectivity index (χ3n) is 3.82. The molecule has 1 heterocycles. The Bertz CT molecular complexity index is 531. The molecule has 0 amide bonds. The first-order valence-corrected chi connectivity index (χ1v) is 6.67. The van der Waals surface area contributed by atoms with Crippen LogP contribution in [-0.4, -0.2) is 33.4 Å². The van der Waals surface area contributed by atoms with Gasteiger partial charge >= 0.3 is 0 Å². The van der Waals surface area contributed by atoms with Gasteiger partial charge < -0.3 is 10.4 Å². The Hall–Kier alpha value is -1.75. The third kappa shape index (κ3) is 2.98. The molecular formula is C14H20N4O. The molecule has 102 valence electrons. The van der Waals surface area contributed by atoms with Gasteiger partial charge in [0.2, 0.25) is 5.95 Å². The summed E-state index contributed by atoms with van der Waals surface area (Å²) in [5.41, 5.74) is 1.49. The van der Waals surface area contributed by atoms with Gasteiger partial charge in [-0.3, -0.25) is 0 Å². The summed E-state index contributed by atoms with van der Waals surface area (Å²) < 4.78 is 0. The van der Waals surface area contributed by atoms with Gasteiger partial charge in [-0.15, -0.1) is 10.2 Å². The molecule has 0 saturated heterocycles. The SMILES string of the molecule is CCC(CC)(CO)CNc1nnc2ccccc2n1. The largest absolute Gasteiger partial charge is 0.396 e. The van der Waals surface area contributed by atoms with E-state index in [1.165, 1.54) is 0 Å². The molecule has 0 radical (unpaired) electrons. The molecule has 1 aromatic heterocycles. The third-order valence-corrected chi connectivity index (χ3v) is 3.82. The van der Waals surface area contributed by atoms with Crippen molar-refractivity contribution in [1.29, 1.82) is 0 Å². The average Bonchev–Trinajstić information content (AvgIpc) is 2.49. The Balaban J connectivity index is 2.13. The normalized spacial score (nSPS) is 11.7. The van der Waals surface area contributed by atoms with Crippen molar-refractivity contribution >= 4 is 17.0 Å². The lowest BCUT2D eigenvalue weighted by Gasteiger charge is -2.29. The molecule has 1 aromatic carbocycles. The summed E-state index contributed by atoms with van der Waals surface area (Å²) in [6.07, 6.45) is 1.82. The Morgan fingerprint density at radius 2 is 1.79 bits per heavy atom. The molecule has 0 aliphatic carbocycles. The molecule has 0 atom stereocenters. The smallest absolute Gasteiger partial charge is 0.243 e. The van der Waals surface area contributed by atoms with Crippen molar-refractivity contribution in [3.05, 3.63) is 24.3 Å². The highest BCUT2D eigenvalue weighted by Gasteiger charge is 2.25. The number of anilines is 1. The van der Waals surface area contributed by atoms with Gasteiger partial charge in [0.15, 0.2) is 0 Å². The van der Waals surface area contributed by atoms with Crippen LogP contribution in [0.1, 0.15) is 26.7 Å². The minimum atomic E-state index is -0.116. The Morgan fingerprint density at radius 3 is 2.42 bits per heavy atom. The summed E-state index contributed by atoms with van der Waals surface area (Å²) in [6, 6.07) is 7.64. The van der Waals surface area contributed by atoms with Crippen LogP contribution in [0.15, 0.2) is 24.3 Å². The summed E-state index contributed by atoms with van der Waals surface area (Å²) in [5.74, 6) is 0.512. The van der Waals surface area contributed by atoms with E-state index in [0.29, 0.717) is 12.5 Å². The van der Waals surface area contributed by atoms with E-state index in [0.717, 1.165) is 23.9 Å². The number of aromatic nitrogens is 3. The van der Waals surface area contributed by atoms with Crippen LogP contribution in [0.3, 0.4) is 0 Å². The summed E-state index contributed by atoms with van der Waals surface area (Å²) in [6.45, 7) is 4.98. The lowest BCUT2D eigenvalue weighted by molar-refractivity contribution is 0.127. The first-order chi connectivity index (χ1) is 9.23. The minimum absolute atomic E-state index is 0.116. The highest BCUT2D eigenvalue weighted by molar-refractivity contribution is 5.73. The van der Waals surface area contributed by atoms with Gasteiger partial charge in [-0.25, -0.2) is 4.98 Å². The van der Waals surface area contributed by atoms with E-state index < -0.39 is 0 Å². The van der Waals surface area contributed by atoms with Crippen molar-refractivity contribution in [1.82, 2.24) is 15.2 Å². The molecule has 0 aliphatic rings. The predicted molar refractivity (Wildman–Crippen MR) is 75.9 cm³/mol. The van der Waals surface area contributed by atoms with Gasteiger partial charge in [0.1, 0.15) is 5.52 Å². The number of aliphatic hydroxyl groups is 1. The lowest BCUT2D eigenvalue weighted by Crippen LogP contribution is -2.32. The van der Waals surface area contributed by atoms with E-state index >= 15 is 0 Å². The van der Waals surface area contributed by atoms with Crippen molar-refractivity contribution in [2.24, 2.45) is 5.41 Å². The van der Waals surface area contributed by atoms with Gasteiger partial charge in [0.05, 0.1) is 12.1 Å². The van der Waals surface area contributed by atoms with Crippen LogP contribution >= 0.6 is 0 Å². The molecule has 0 saturated carbocycles. The molecular weight excluding hydrogens is 240 g/mol. The molecule has 19 heavy (non-hydrogen) atoms. The molecule has 5 nitrogen and oxygen atoms in total. The minimum Gasteiger partial charge on any atom is -0.396 e. The molecule has 0 spiro atoms. The highest BCUT2D eigenvalue weighted by atomic mass is 16.3. The summed E-state index contributed by atoms with van der Waals surface area (Å²) in [4.78, 5) is 4.41. The van der Waals surface area contributed by atoms with Gasteiger partial charge in [0, 0.05) is 12.0 Å². The quantitative estimate of drug-likeness (QED) is 0.833. The van der Waals surface area contributed by atoms with Gasteiger partial charge in [-0.2, -0.15) is 0 Å². The first kappa shape index (κ1) is 13.7. The second-order valence-corrected chi connectivity index (χ2v) is 4.84. The van der Waals surface area contributed by atoms with E-state index in [9.17, 15) is 5.11 Å². The van der Waals surface area contributed by atoms with Gasteiger partial charge in [-0.05, 0) is 25.0 Å². The van der Waals surface area contributed by atoms with Crippen LogP contribution < -0.4 is 5.32 Å². The maximum absolute atomic E-state index is 9.53. The molecule has 0 fully saturated rings. The molecule has 5 heteroatoms. The fraction of sp³-hybridized carbons (Fsp3) is 0.500. The Kier molecular flexibility index (Phi) is 4.27. The van der Waals surface area contributed by atoms with Crippen molar-refractivity contribution in [3.8, 4) is 0 Å². The van der Waals surface area contributed by atoms with E-state index in [1.54, 1.807) is 0 Å². The van der Waals surface area contributed by atoms with Crippen LogP contribution in [0, 0.1) is 5.41 Å². The molecule has 2 N–H and O–H groups in total. The number of para-hydroxylation sites is 1. The predicted octanol–water partition coefficient (Wildman–Crippen LogP) is 2.24. The number of hydrogen-bond donors (Lipinski definition) is 2. The fourth-order valence-corrected chi connectivity index (χ4v) is 2.00. The maximum atomic E-state index is 9.53. The van der Waals surface area contributed by atoms with Gasteiger partial charge in [-0.1, -0.05) is 26.0 Å². The zero-order chi connectivity index (χ0) is 13.7. The number of rotatable bonds is 6. The number of nitrogens with zero attached hydrogens (tertiary/aromatic N) is 3. The topological polar surface area (TPSA) is 70.9 Å². The number of fused-ring (bicyclic) bond motifs is 1. The van der Waals surface area contributed by atoms with E-state index in [2.05, 4.69) is 34.3 Å². The summed E-state index contributed by atoms with van der Waals surface area (Å²) in [7, 11) is 0. The second kappa shape index (κ2) is 5.93. The number of benzene rings is 1. The zero-order valence-corrected chi connectivity index (χ0v) is 11.4. The number of nitrogens with one attached hydrogen (secondary N) is 1. The molecule has 2 aromatic rings. The highest BCUT2D eigenvalue weighted by Crippen LogP contribution is 2.25. The number of hydrogen-bond acceptors (Lipinski definition) is 5. The molecule has 2 rings (SSSR count). The number of aliphatic hydroxyl groups excluding tert-OH is 1. The molecule has 0 aliphatic heterocycles. The van der Waals surface area contributed by atoms with Crippen LogP contribution in [0.5, 0.6) is 0 Å². The van der Waals surface area contributed by atoms with E-state index in [-0.39, 0.29) is 12.0 Å². The van der Waals surface area contributed by atoms with Crippen LogP contribution in [0.4, 0.5) is 5.95 Å². The van der Waals surface area contributed by atoms with Crippen molar-refractivity contribution in [2.45, 2.75) is 26.7 Å².